The van der Waals surface area contributed by atoms with Crippen molar-refractivity contribution in [3.05, 3.63) is 60.7 Å². The summed E-state index contributed by atoms with van der Waals surface area (Å²) in [5.74, 6) is 0. The van der Waals surface area contributed by atoms with Crippen molar-refractivity contribution >= 4 is 23.3 Å². The smallest absolute Gasteiger partial charge is 0.0633 e. The zero-order valence-corrected chi connectivity index (χ0v) is 12.3. The maximum atomic E-state index is 4.56. The Labute approximate surface area is 128 Å². The summed E-state index contributed by atoms with van der Waals surface area (Å²) < 4.78 is 0. The second-order valence-electron chi connectivity index (χ2n) is 3.89. The van der Waals surface area contributed by atoms with Gasteiger partial charge in [-0.3, -0.25) is 9.98 Å². The van der Waals surface area contributed by atoms with E-state index in [2.05, 4.69) is 16.9 Å². The van der Waals surface area contributed by atoms with Crippen LogP contribution in [0.3, 0.4) is 0 Å². The van der Waals surface area contributed by atoms with Gasteiger partial charge in [-0.15, -0.1) is 0 Å². The summed E-state index contributed by atoms with van der Waals surface area (Å²) in [6.07, 6.45) is 2.70. The van der Waals surface area contributed by atoms with Gasteiger partial charge in [0.15, 0.2) is 0 Å². The van der Waals surface area contributed by atoms with Crippen molar-refractivity contribution in [1.82, 2.24) is 0 Å². The molecule has 2 rings (SSSR count). The Hall–Kier alpha value is -1.56. The van der Waals surface area contributed by atoms with Crippen LogP contribution in [-0.4, -0.2) is 11.9 Å². The molecule has 2 nitrogen and oxygen atoms in total. The van der Waals surface area contributed by atoms with Crippen molar-refractivity contribution in [2.24, 2.45) is 9.98 Å². The van der Waals surface area contributed by atoms with Gasteiger partial charge in [-0.25, -0.2) is 0 Å². The number of benzene rings is 2. The molecule has 2 aromatic carbocycles. The quantitative estimate of drug-likeness (QED) is 0.574. The van der Waals surface area contributed by atoms with Crippen LogP contribution in [-0.2, 0) is 20.4 Å². The Morgan fingerprint density at radius 3 is 1.95 bits per heavy atom. The van der Waals surface area contributed by atoms with Gasteiger partial charge in [0.25, 0.3) is 0 Å². The standard InChI is InChI=1S/C16H16N2.Pd/c1-2-14(18-16-11-7-4-8-12-16)13-17-15-9-5-3-6-10-15;/h3-13H,2H2,1H3;. The molecule has 0 radical (unpaired) electrons. The van der Waals surface area contributed by atoms with Gasteiger partial charge in [0.05, 0.1) is 17.1 Å². The van der Waals surface area contributed by atoms with E-state index in [-0.39, 0.29) is 20.4 Å². The molecule has 0 heterocycles. The third-order valence-electron chi connectivity index (χ3n) is 2.51. The number of hydrogen-bond acceptors (Lipinski definition) is 2. The van der Waals surface area contributed by atoms with E-state index in [1.165, 1.54) is 0 Å². The topological polar surface area (TPSA) is 24.7 Å². The molecule has 0 unspecified atom stereocenters. The molecule has 0 saturated heterocycles. The van der Waals surface area contributed by atoms with E-state index in [1.807, 2.05) is 66.9 Å². The van der Waals surface area contributed by atoms with Gasteiger partial charge in [-0.2, -0.15) is 0 Å². The van der Waals surface area contributed by atoms with Crippen LogP contribution < -0.4 is 0 Å². The normalized spacial score (nSPS) is 11.3. The Kier molecular flexibility index (Phi) is 6.96. The molecular weight excluding hydrogens is 327 g/mol. The molecule has 2 aromatic rings. The molecule has 0 atom stereocenters. The fraction of sp³-hybridized carbons (Fsp3) is 0.125. The van der Waals surface area contributed by atoms with Crippen molar-refractivity contribution in [1.29, 1.82) is 0 Å². The van der Waals surface area contributed by atoms with Crippen LogP contribution in [0.5, 0.6) is 0 Å². The maximum absolute atomic E-state index is 4.56. The number of para-hydroxylation sites is 2. The van der Waals surface area contributed by atoms with Crippen LogP contribution in [0.1, 0.15) is 13.3 Å². The minimum Gasteiger partial charge on any atom is -0.255 e. The van der Waals surface area contributed by atoms with Crippen molar-refractivity contribution in [3.8, 4) is 0 Å². The fourth-order valence-corrected chi connectivity index (χ4v) is 1.53. The Bertz CT molecular complexity index is 533. The molecule has 0 spiro atoms. The van der Waals surface area contributed by atoms with Crippen molar-refractivity contribution in [3.63, 3.8) is 0 Å². The zero-order chi connectivity index (χ0) is 12.6. The van der Waals surface area contributed by atoms with E-state index in [9.17, 15) is 0 Å². The first-order chi connectivity index (χ1) is 8.88. The van der Waals surface area contributed by atoms with E-state index in [0.29, 0.717) is 0 Å². The third-order valence-corrected chi connectivity index (χ3v) is 2.51. The Morgan fingerprint density at radius 1 is 0.895 bits per heavy atom. The van der Waals surface area contributed by atoms with Crippen LogP contribution in [0.2, 0.25) is 0 Å². The van der Waals surface area contributed by atoms with E-state index in [1.54, 1.807) is 0 Å². The summed E-state index contributed by atoms with van der Waals surface area (Å²) >= 11 is 0. The van der Waals surface area contributed by atoms with Gasteiger partial charge < -0.3 is 0 Å². The largest absolute Gasteiger partial charge is 0.255 e. The van der Waals surface area contributed by atoms with Crippen LogP contribution in [0.25, 0.3) is 0 Å². The van der Waals surface area contributed by atoms with Gasteiger partial charge >= 0.3 is 0 Å². The predicted molar refractivity (Wildman–Crippen MR) is 78.4 cm³/mol. The molecule has 0 bridgehead atoms. The maximum Gasteiger partial charge on any atom is 0.0633 e. The summed E-state index contributed by atoms with van der Waals surface area (Å²) in [6, 6.07) is 19.8. The van der Waals surface area contributed by atoms with Crippen molar-refractivity contribution in [2.75, 3.05) is 0 Å². The molecule has 19 heavy (non-hydrogen) atoms. The monoisotopic (exact) mass is 342 g/mol. The van der Waals surface area contributed by atoms with Crippen LogP contribution in [0.15, 0.2) is 70.6 Å². The van der Waals surface area contributed by atoms with Crippen molar-refractivity contribution < 1.29 is 20.4 Å². The zero-order valence-electron chi connectivity index (χ0n) is 10.8. The summed E-state index contributed by atoms with van der Waals surface area (Å²) in [6.45, 7) is 2.08. The first kappa shape index (κ1) is 15.5. The number of aliphatic imine (C=N–C) groups is 2. The first-order valence-electron chi connectivity index (χ1n) is 6.10. The molecule has 0 N–H and O–H groups in total. The molecule has 0 aliphatic heterocycles. The minimum absolute atomic E-state index is 0. The average Bonchev–Trinajstić information content (AvgIpc) is 2.45. The fourth-order valence-electron chi connectivity index (χ4n) is 1.53. The van der Waals surface area contributed by atoms with E-state index >= 15 is 0 Å². The van der Waals surface area contributed by atoms with Gasteiger partial charge in [-0.1, -0.05) is 43.3 Å². The second-order valence-corrected chi connectivity index (χ2v) is 3.89. The number of nitrogens with zero attached hydrogens (tertiary/aromatic N) is 2. The van der Waals surface area contributed by atoms with E-state index in [0.717, 1.165) is 23.5 Å². The Morgan fingerprint density at radius 2 is 1.42 bits per heavy atom. The number of hydrogen-bond donors (Lipinski definition) is 0. The van der Waals surface area contributed by atoms with Gasteiger partial charge in [0, 0.05) is 26.6 Å². The van der Waals surface area contributed by atoms with E-state index in [4.69, 9.17) is 0 Å². The second kappa shape index (κ2) is 8.53. The first-order valence-corrected chi connectivity index (χ1v) is 6.10. The predicted octanol–water partition coefficient (Wildman–Crippen LogP) is 4.57. The summed E-state index contributed by atoms with van der Waals surface area (Å²) in [7, 11) is 0. The van der Waals surface area contributed by atoms with E-state index < -0.39 is 0 Å². The molecule has 0 aromatic heterocycles. The van der Waals surface area contributed by atoms with Crippen molar-refractivity contribution in [2.45, 2.75) is 13.3 Å². The molecule has 0 saturated carbocycles. The van der Waals surface area contributed by atoms with Gasteiger partial charge in [0.2, 0.25) is 0 Å². The Balaban J connectivity index is 0.00000180. The molecule has 0 amide bonds. The molecule has 3 heteroatoms. The SMILES string of the molecule is CCC(C=Nc1ccccc1)=Nc1ccccc1.[Pd]. The molecule has 0 aliphatic rings. The third kappa shape index (κ3) is 5.30. The summed E-state index contributed by atoms with van der Waals surface area (Å²) in [4.78, 5) is 8.98. The van der Waals surface area contributed by atoms with Crippen LogP contribution >= 0.6 is 0 Å². The van der Waals surface area contributed by atoms with Gasteiger partial charge in [0.1, 0.15) is 0 Å². The van der Waals surface area contributed by atoms with Crippen LogP contribution in [0.4, 0.5) is 11.4 Å². The summed E-state index contributed by atoms with van der Waals surface area (Å²) in [5.41, 5.74) is 2.89. The molecule has 0 aliphatic carbocycles. The number of rotatable bonds is 4. The summed E-state index contributed by atoms with van der Waals surface area (Å²) in [5, 5.41) is 0. The van der Waals surface area contributed by atoms with Gasteiger partial charge in [-0.05, 0) is 30.7 Å². The molecular formula is C16H16N2Pd. The molecule has 0 fully saturated rings. The average molecular weight is 343 g/mol. The molecule has 100 valence electrons. The minimum atomic E-state index is 0. The van der Waals surface area contributed by atoms with Crippen LogP contribution in [0, 0.1) is 0 Å².